The highest BCUT2D eigenvalue weighted by Crippen LogP contribution is 2.16. The van der Waals surface area contributed by atoms with E-state index >= 15 is 0 Å². The number of benzene rings is 1. The van der Waals surface area contributed by atoms with Gasteiger partial charge >= 0.3 is 0 Å². The number of aryl methyl sites for hydroxylation is 1. The van der Waals surface area contributed by atoms with Crippen molar-refractivity contribution in [3.05, 3.63) is 34.1 Å². The Bertz CT molecular complexity index is 440. The molecule has 0 radical (unpaired) electrons. The number of aliphatic hydroxyl groups is 1. The molecule has 4 nitrogen and oxygen atoms in total. The largest absolute Gasteiger partial charge is 0.395 e. The summed E-state index contributed by atoms with van der Waals surface area (Å²) in [5.41, 5.74) is 0.705. The second-order valence-corrected chi connectivity index (χ2v) is 5.17. The number of nitrogens with zero attached hydrogens (tertiary/aromatic N) is 1. The van der Waals surface area contributed by atoms with Crippen LogP contribution in [-0.2, 0) is 6.42 Å². The Hall–Kier alpha value is -1.14. The fraction of sp³-hybridized carbons (Fsp3) is 0.500. The minimum absolute atomic E-state index is 0.0640. The van der Waals surface area contributed by atoms with Gasteiger partial charge in [0.15, 0.2) is 5.96 Å². The van der Waals surface area contributed by atoms with Crippen molar-refractivity contribution in [2.75, 3.05) is 26.2 Å². The molecule has 1 rings (SSSR count). The van der Waals surface area contributed by atoms with Crippen LogP contribution in [0.25, 0.3) is 0 Å². The van der Waals surface area contributed by atoms with Gasteiger partial charge in [0, 0.05) is 24.1 Å². The summed E-state index contributed by atoms with van der Waals surface area (Å²) < 4.78 is 14.4. The second-order valence-electron chi connectivity index (χ2n) is 4.25. The molecular weight excluding hydrogens is 325 g/mol. The minimum Gasteiger partial charge on any atom is -0.395 e. The first-order chi connectivity index (χ1) is 9.67. The molecule has 0 bridgehead atoms. The van der Waals surface area contributed by atoms with Crippen LogP contribution in [0.1, 0.15) is 18.9 Å². The van der Waals surface area contributed by atoms with Crippen LogP contribution in [0.15, 0.2) is 27.7 Å². The third-order valence-corrected chi connectivity index (χ3v) is 3.13. The highest BCUT2D eigenvalue weighted by atomic mass is 79.9. The molecule has 0 saturated heterocycles. The number of hydrogen-bond donors (Lipinski definition) is 3. The second kappa shape index (κ2) is 9.72. The minimum atomic E-state index is -0.186. The zero-order chi connectivity index (χ0) is 14.8. The molecular formula is C14H21BrFN3O. The first-order valence-corrected chi connectivity index (χ1v) is 7.53. The predicted octanol–water partition coefficient (Wildman–Crippen LogP) is 2.07. The molecule has 1 aromatic carbocycles. The van der Waals surface area contributed by atoms with Crippen LogP contribution < -0.4 is 10.6 Å². The summed E-state index contributed by atoms with van der Waals surface area (Å²) in [5, 5.41) is 14.8. The first kappa shape index (κ1) is 16.9. The Balaban J connectivity index is 2.41. The maximum absolute atomic E-state index is 13.6. The number of halogens is 2. The third-order valence-electron chi connectivity index (χ3n) is 2.64. The van der Waals surface area contributed by atoms with Crippen LogP contribution >= 0.6 is 15.9 Å². The Kier molecular flexibility index (Phi) is 8.22. The molecule has 1 aromatic rings. The lowest BCUT2D eigenvalue weighted by atomic mass is 10.1. The average Bonchev–Trinajstić information content (AvgIpc) is 2.42. The fourth-order valence-corrected chi connectivity index (χ4v) is 2.03. The lowest BCUT2D eigenvalue weighted by Crippen LogP contribution is -2.38. The molecule has 20 heavy (non-hydrogen) atoms. The summed E-state index contributed by atoms with van der Waals surface area (Å²) in [7, 11) is 0. The summed E-state index contributed by atoms with van der Waals surface area (Å²) in [5.74, 6) is 0.492. The van der Waals surface area contributed by atoms with Crippen molar-refractivity contribution in [3.8, 4) is 0 Å². The molecule has 0 atom stereocenters. The predicted molar refractivity (Wildman–Crippen MR) is 83.5 cm³/mol. The Morgan fingerprint density at radius 2 is 2.20 bits per heavy atom. The smallest absolute Gasteiger partial charge is 0.191 e. The summed E-state index contributed by atoms with van der Waals surface area (Å²) in [6.45, 7) is 3.88. The maximum Gasteiger partial charge on any atom is 0.191 e. The fourth-order valence-electron chi connectivity index (χ4n) is 1.70. The van der Waals surface area contributed by atoms with E-state index in [0.717, 1.165) is 17.4 Å². The number of hydrogen-bond acceptors (Lipinski definition) is 2. The van der Waals surface area contributed by atoms with Gasteiger partial charge in [-0.3, -0.25) is 4.99 Å². The quantitative estimate of drug-likeness (QED) is 0.403. The van der Waals surface area contributed by atoms with Gasteiger partial charge in [0.05, 0.1) is 6.61 Å². The third kappa shape index (κ3) is 6.34. The summed E-state index contributed by atoms with van der Waals surface area (Å²) in [6, 6.07) is 5.11. The van der Waals surface area contributed by atoms with Crippen LogP contribution in [0.2, 0.25) is 0 Å². The van der Waals surface area contributed by atoms with Crippen LogP contribution in [0.4, 0.5) is 4.39 Å². The summed E-state index contributed by atoms with van der Waals surface area (Å²) in [6.07, 6.45) is 1.43. The molecule has 0 unspecified atom stereocenters. The number of guanidine groups is 1. The molecule has 0 saturated carbocycles. The van der Waals surface area contributed by atoms with Crippen LogP contribution in [0.5, 0.6) is 0 Å². The van der Waals surface area contributed by atoms with Crippen molar-refractivity contribution in [1.82, 2.24) is 10.6 Å². The van der Waals surface area contributed by atoms with Gasteiger partial charge in [-0.2, -0.15) is 0 Å². The van der Waals surface area contributed by atoms with E-state index < -0.39 is 0 Å². The van der Waals surface area contributed by atoms with E-state index in [0.29, 0.717) is 31.0 Å². The Labute approximate surface area is 127 Å². The number of nitrogens with one attached hydrogen (secondary N) is 2. The van der Waals surface area contributed by atoms with E-state index in [1.807, 2.05) is 13.0 Å². The standard InChI is InChI=1S/C14H21BrFN3O/c1-2-17-14(19-8-9-20)18-7-3-4-11-5-6-12(15)10-13(11)16/h5-6,10,20H,2-4,7-9H2,1H3,(H2,17,18,19). The van der Waals surface area contributed by atoms with Gasteiger partial charge in [0.25, 0.3) is 0 Å². The van der Waals surface area contributed by atoms with Gasteiger partial charge in [-0.25, -0.2) is 4.39 Å². The molecule has 3 N–H and O–H groups in total. The number of aliphatic hydroxyl groups excluding tert-OH is 1. The van der Waals surface area contributed by atoms with Crippen molar-refractivity contribution in [2.45, 2.75) is 19.8 Å². The summed E-state index contributed by atoms with van der Waals surface area (Å²) >= 11 is 3.24. The SMILES string of the molecule is CCNC(=NCCCc1ccc(Br)cc1F)NCCO. The van der Waals surface area contributed by atoms with Crippen LogP contribution in [-0.4, -0.2) is 37.3 Å². The highest BCUT2D eigenvalue weighted by Gasteiger charge is 2.02. The lowest BCUT2D eigenvalue weighted by Gasteiger charge is -2.09. The van der Waals surface area contributed by atoms with E-state index in [1.54, 1.807) is 6.07 Å². The van der Waals surface area contributed by atoms with E-state index in [-0.39, 0.29) is 12.4 Å². The van der Waals surface area contributed by atoms with Gasteiger partial charge in [-0.15, -0.1) is 0 Å². The molecule has 0 spiro atoms. The molecule has 112 valence electrons. The van der Waals surface area contributed by atoms with Crippen LogP contribution in [0, 0.1) is 5.82 Å². The Morgan fingerprint density at radius 3 is 2.85 bits per heavy atom. The van der Waals surface area contributed by atoms with Gasteiger partial charge in [0.2, 0.25) is 0 Å². The zero-order valence-electron chi connectivity index (χ0n) is 11.6. The van der Waals surface area contributed by atoms with E-state index in [4.69, 9.17) is 5.11 Å². The van der Waals surface area contributed by atoms with Gasteiger partial charge in [-0.05, 0) is 37.5 Å². The Morgan fingerprint density at radius 1 is 1.40 bits per heavy atom. The highest BCUT2D eigenvalue weighted by molar-refractivity contribution is 9.10. The van der Waals surface area contributed by atoms with Crippen molar-refractivity contribution >= 4 is 21.9 Å². The molecule has 0 aliphatic rings. The molecule has 0 heterocycles. The molecule has 6 heteroatoms. The number of aliphatic imine (C=N–C) groups is 1. The summed E-state index contributed by atoms with van der Waals surface area (Å²) in [4.78, 5) is 4.36. The van der Waals surface area contributed by atoms with Crippen LogP contribution in [0.3, 0.4) is 0 Å². The maximum atomic E-state index is 13.6. The van der Waals surface area contributed by atoms with Gasteiger partial charge in [-0.1, -0.05) is 22.0 Å². The molecule has 0 amide bonds. The zero-order valence-corrected chi connectivity index (χ0v) is 13.2. The van der Waals surface area contributed by atoms with Crippen molar-refractivity contribution in [3.63, 3.8) is 0 Å². The monoisotopic (exact) mass is 345 g/mol. The van der Waals surface area contributed by atoms with Crippen molar-refractivity contribution in [1.29, 1.82) is 0 Å². The van der Waals surface area contributed by atoms with Gasteiger partial charge < -0.3 is 15.7 Å². The van der Waals surface area contributed by atoms with E-state index in [9.17, 15) is 4.39 Å². The topological polar surface area (TPSA) is 56.7 Å². The first-order valence-electron chi connectivity index (χ1n) is 6.74. The van der Waals surface area contributed by atoms with E-state index in [1.165, 1.54) is 6.07 Å². The normalized spacial score (nSPS) is 11.5. The van der Waals surface area contributed by atoms with Gasteiger partial charge in [0.1, 0.15) is 5.82 Å². The molecule has 0 fully saturated rings. The lowest BCUT2D eigenvalue weighted by molar-refractivity contribution is 0.300. The van der Waals surface area contributed by atoms with Crippen molar-refractivity contribution < 1.29 is 9.50 Å². The average molecular weight is 346 g/mol. The molecule has 0 aromatic heterocycles. The molecule has 0 aliphatic heterocycles. The van der Waals surface area contributed by atoms with Crippen molar-refractivity contribution in [2.24, 2.45) is 4.99 Å². The molecule has 0 aliphatic carbocycles. The van der Waals surface area contributed by atoms with E-state index in [2.05, 4.69) is 31.6 Å². The number of rotatable bonds is 7.